The first-order chi connectivity index (χ1) is 17.6. The van der Waals surface area contributed by atoms with E-state index in [1.54, 1.807) is 0 Å². The van der Waals surface area contributed by atoms with Gasteiger partial charge in [-0.3, -0.25) is 9.59 Å². The summed E-state index contributed by atoms with van der Waals surface area (Å²) in [5.74, 6) is 0.968. The lowest BCUT2D eigenvalue weighted by molar-refractivity contribution is -0.196. The summed E-state index contributed by atoms with van der Waals surface area (Å²) >= 11 is 0. The summed E-state index contributed by atoms with van der Waals surface area (Å²) < 4.78 is 18.1. The summed E-state index contributed by atoms with van der Waals surface area (Å²) in [6, 6.07) is 0. The van der Waals surface area contributed by atoms with E-state index in [9.17, 15) is 14.7 Å². The van der Waals surface area contributed by atoms with E-state index in [0.717, 1.165) is 32.1 Å². The molecule has 0 unspecified atom stereocenters. The molecule has 2 heterocycles. The first-order valence-corrected chi connectivity index (χ1v) is 15.0. The molecule has 0 bridgehead atoms. The predicted molar refractivity (Wildman–Crippen MR) is 143 cm³/mol. The fourth-order valence-electron chi connectivity index (χ4n) is 10.8. The molecule has 0 aromatic rings. The maximum Gasteiger partial charge on any atom is 0.304 e. The summed E-state index contributed by atoms with van der Waals surface area (Å²) in [6.07, 6.45) is 7.45. The Hall–Kier alpha value is -1.24. The van der Waals surface area contributed by atoms with Crippen molar-refractivity contribution in [3.05, 3.63) is 11.6 Å². The third-order valence-corrected chi connectivity index (χ3v) is 12.8. The lowest BCUT2D eigenvalue weighted by Crippen LogP contribution is -2.65. The van der Waals surface area contributed by atoms with Crippen LogP contribution < -0.4 is 0 Å². The van der Waals surface area contributed by atoms with E-state index in [2.05, 4.69) is 54.5 Å². The third-order valence-electron chi connectivity index (χ3n) is 12.8. The molecular weight excluding hydrogens is 480 g/mol. The van der Waals surface area contributed by atoms with Gasteiger partial charge in [0.1, 0.15) is 11.9 Å². The molecule has 0 aromatic carbocycles. The summed E-state index contributed by atoms with van der Waals surface area (Å²) in [5.41, 5.74) is 0.442. The predicted octanol–water partition coefficient (Wildman–Crippen LogP) is 5.60. The number of hydrogen-bond donors (Lipinski definition) is 1. The number of aliphatic hydroxyl groups excluding tert-OH is 1. The van der Waals surface area contributed by atoms with Crippen LogP contribution in [-0.2, 0) is 23.8 Å². The normalized spacial score (nSPS) is 52.4. The molecule has 0 aromatic heterocycles. The van der Waals surface area contributed by atoms with Gasteiger partial charge in [-0.05, 0) is 81.0 Å². The molecule has 11 atom stereocenters. The molecule has 6 aliphatic rings. The summed E-state index contributed by atoms with van der Waals surface area (Å²) in [4.78, 5) is 25.0. The van der Waals surface area contributed by atoms with Gasteiger partial charge in [-0.25, -0.2) is 0 Å². The van der Waals surface area contributed by atoms with Gasteiger partial charge in [-0.1, -0.05) is 46.3 Å². The van der Waals surface area contributed by atoms with Crippen molar-refractivity contribution in [2.75, 3.05) is 0 Å². The SMILES string of the molecule is CC(=O)O[C@H]1O[C@@H]([C@H]2OC2(C)C)C[C@@H]1[C@@H]1CC=C2[C@]3(C)[C@H](O)C[C@H]4C(C)(C)C(=O)CC[C@]4(C)[C@H]3CC[C@]21C. The Bertz CT molecular complexity index is 1080. The first kappa shape index (κ1) is 27.0. The van der Waals surface area contributed by atoms with Crippen molar-refractivity contribution in [2.24, 2.45) is 45.3 Å². The highest BCUT2D eigenvalue weighted by atomic mass is 16.7. The zero-order valence-electron chi connectivity index (χ0n) is 24.6. The van der Waals surface area contributed by atoms with Crippen LogP contribution in [0, 0.1) is 45.3 Å². The van der Waals surface area contributed by atoms with Crippen molar-refractivity contribution in [3.8, 4) is 0 Å². The molecule has 2 aliphatic heterocycles. The quantitative estimate of drug-likeness (QED) is 0.291. The van der Waals surface area contributed by atoms with Crippen LogP contribution >= 0.6 is 0 Å². The van der Waals surface area contributed by atoms with Gasteiger partial charge in [0.2, 0.25) is 6.29 Å². The Morgan fingerprint density at radius 1 is 1.05 bits per heavy atom. The molecule has 1 N–H and O–H groups in total. The van der Waals surface area contributed by atoms with Gasteiger partial charge in [0.25, 0.3) is 0 Å². The number of aliphatic hydroxyl groups is 1. The number of epoxide rings is 1. The standard InChI is InChI=1S/C32H48O6/c1-17(33)36-27-18(15-20(37-27)26-29(4,5)38-26)19-9-10-21-30(19,6)13-11-22-31(7)14-12-24(34)28(2,3)23(31)16-25(35)32(21,22)8/h10,18-20,22-23,25-27,35H,9,11-16H2,1-8H3/t18-,19+,20-,22-,23+,25-,26-,27+,30+,31-,32+/m1/s1. The lowest BCUT2D eigenvalue weighted by Gasteiger charge is -2.67. The Balaban J connectivity index is 1.31. The maximum absolute atomic E-state index is 13.0. The van der Waals surface area contributed by atoms with Gasteiger partial charge < -0.3 is 19.3 Å². The summed E-state index contributed by atoms with van der Waals surface area (Å²) in [7, 11) is 0. The molecule has 3 saturated carbocycles. The number of esters is 1. The minimum absolute atomic E-state index is 0.0301. The highest BCUT2D eigenvalue weighted by molar-refractivity contribution is 5.85. The Morgan fingerprint density at radius 3 is 2.37 bits per heavy atom. The van der Waals surface area contributed by atoms with Crippen LogP contribution in [0.2, 0.25) is 0 Å². The number of rotatable bonds is 3. The summed E-state index contributed by atoms with van der Waals surface area (Å²) in [5, 5.41) is 11.9. The number of hydrogen-bond acceptors (Lipinski definition) is 6. The molecule has 0 radical (unpaired) electrons. The molecule has 2 saturated heterocycles. The second-order valence-electron chi connectivity index (χ2n) is 15.4. The van der Waals surface area contributed by atoms with Gasteiger partial charge in [-0.2, -0.15) is 0 Å². The minimum atomic E-state index is -0.555. The highest BCUT2D eigenvalue weighted by Gasteiger charge is 2.69. The van der Waals surface area contributed by atoms with Crippen LogP contribution in [0.25, 0.3) is 0 Å². The smallest absolute Gasteiger partial charge is 0.304 e. The van der Waals surface area contributed by atoms with Crippen LogP contribution in [0.5, 0.6) is 0 Å². The van der Waals surface area contributed by atoms with Crippen molar-refractivity contribution >= 4 is 11.8 Å². The van der Waals surface area contributed by atoms with E-state index in [4.69, 9.17) is 14.2 Å². The monoisotopic (exact) mass is 528 g/mol. The Morgan fingerprint density at radius 2 is 1.74 bits per heavy atom. The number of carbonyl (C=O) groups is 2. The zero-order chi connectivity index (χ0) is 27.6. The third kappa shape index (κ3) is 3.48. The van der Waals surface area contributed by atoms with Gasteiger partial charge in [0.15, 0.2) is 0 Å². The summed E-state index contributed by atoms with van der Waals surface area (Å²) in [6.45, 7) is 17.0. The average Bonchev–Trinajstić information content (AvgIpc) is 3.11. The fourth-order valence-corrected chi connectivity index (χ4v) is 10.8. The molecule has 212 valence electrons. The molecule has 6 rings (SSSR count). The molecule has 4 aliphatic carbocycles. The van der Waals surface area contributed by atoms with Crippen LogP contribution in [0.3, 0.4) is 0 Å². The van der Waals surface area contributed by atoms with E-state index < -0.39 is 17.8 Å². The number of ether oxygens (including phenoxy) is 3. The maximum atomic E-state index is 13.0. The topological polar surface area (TPSA) is 85.4 Å². The van der Waals surface area contributed by atoms with E-state index in [0.29, 0.717) is 24.5 Å². The van der Waals surface area contributed by atoms with Gasteiger partial charge in [-0.15, -0.1) is 0 Å². The Labute approximate surface area is 228 Å². The minimum Gasteiger partial charge on any atom is -0.436 e. The van der Waals surface area contributed by atoms with Crippen molar-refractivity contribution in [1.29, 1.82) is 0 Å². The van der Waals surface area contributed by atoms with Crippen LogP contribution in [0.15, 0.2) is 11.6 Å². The van der Waals surface area contributed by atoms with Crippen molar-refractivity contribution in [3.63, 3.8) is 0 Å². The van der Waals surface area contributed by atoms with Crippen molar-refractivity contribution < 1.29 is 28.9 Å². The van der Waals surface area contributed by atoms with E-state index in [1.165, 1.54) is 12.5 Å². The fraction of sp³-hybridized carbons (Fsp3) is 0.875. The lowest BCUT2D eigenvalue weighted by atomic mass is 9.37. The van der Waals surface area contributed by atoms with Crippen LogP contribution in [0.4, 0.5) is 0 Å². The molecule has 6 nitrogen and oxygen atoms in total. The molecule has 5 fully saturated rings. The number of carbonyl (C=O) groups excluding carboxylic acids is 2. The van der Waals surface area contributed by atoms with E-state index >= 15 is 0 Å². The zero-order valence-corrected chi connectivity index (χ0v) is 24.6. The number of allylic oxidation sites excluding steroid dienone is 1. The average molecular weight is 529 g/mol. The first-order valence-electron chi connectivity index (χ1n) is 15.0. The second kappa shape index (κ2) is 8.16. The molecule has 0 spiro atoms. The molecular formula is C32H48O6. The molecule has 6 heteroatoms. The second-order valence-corrected chi connectivity index (χ2v) is 15.4. The van der Waals surface area contributed by atoms with Crippen LogP contribution in [0.1, 0.15) is 100 Å². The number of ketones is 1. The van der Waals surface area contributed by atoms with Crippen molar-refractivity contribution in [2.45, 2.75) is 131 Å². The van der Waals surface area contributed by atoms with Gasteiger partial charge >= 0.3 is 5.97 Å². The Kier molecular flexibility index (Phi) is 5.79. The van der Waals surface area contributed by atoms with Crippen LogP contribution in [-0.4, -0.2) is 47.1 Å². The molecule has 38 heavy (non-hydrogen) atoms. The molecule has 0 amide bonds. The largest absolute Gasteiger partial charge is 0.436 e. The van der Waals surface area contributed by atoms with Gasteiger partial charge in [0, 0.05) is 30.1 Å². The highest BCUT2D eigenvalue weighted by Crippen LogP contribution is 2.73. The number of fused-ring (bicyclic) bond motifs is 5. The number of Topliss-reactive ketones (excluding diaryl/α,β-unsaturated/α-hetero) is 1. The van der Waals surface area contributed by atoms with E-state index in [-0.39, 0.29) is 57.8 Å². The van der Waals surface area contributed by atoms with E-state index in [1.807, 2.05) is 0 Å². The van der Waals surface area contributed by atoms with Gasteiger partial charge in [0.05, 0.1) is 17.8 Å². The van der Waals surface area contributed by atoms with Crippen molar-refractivity contribution in [1.82, 2.24) is 0 Å².